The molecule has 0 fully saturated rings. The molecule has 2 aliphatic rings. The van der Waals surface area contributed by atoms with Gasteiger partial charge in [-0.15, -0.1) is 0 Å². The second-order valence-electron chi connectivity index (χ2n) is 9.29. The lowest BCUT2D eigenvalue weighted by Crippen LogP contribution is -2.12. The number of rotatable bonds is 12. The van der Waals surface area contributed by atoms with Crippen LogP contribution >= 0.6 is 0 Å². The minimum Gasteiger partial charge on any atom is -0.485 e. The van der Waals surface area contributed by atoms with Crippen LogP contribution in [0.3, 0.4) is 0 Å². The summed E-state index contributed by atoms with van der Waals surface area (Å²) in [5.41, 5.74) is 7.91. The van der Waals surface area contributed by atoms with Gasteiger partial charge in [0.15, 0.2) is 5.76 Å². The van der Waals surface area contributed by atoms with Gasteiger partial charge < -0.3 is 4.74 Å². The van der Waals surface area contributed by atoms with E-state index in [0.717, 1.165) is 40.7 Å². The predicted molar refractivity (Wildman–Crippen MR) is 138 cm³/mol. The van der Waals surface area contributed by atoms with Gasteiger partial charge in [-0.2, -0.15) is 0 Å². The Morgan fingerprint density at radius 2 is 1.36 bits per heavy atom. The van der Waals surface area contributed by atoms with E-state index in [2.05, 4.69) is 56.3 Å². The monoisotopic (exact) mass is 440 g/mol. The quantitative estimate of drug-likeness (QED) is 0.312. The summed E-state index contributed by atoms with van der Waals surface area (Å²) in [6.45, 7) is 4.89. The molecule has 2 nitrogen and oxygen atoms in total. The summed E-state index contributed by atoms with van der Waals surface area (Å²) >= 11 is 0. The Hall–Kier alpha value is -2.87. The van der Waals surface area contributed by atoms with E-state index in [9.17, 15) is 4.79 Å². The lowest BCUT2D eigenvalue weighted by molar-refractivity contribution is -0.115. The molecule has 2 aromatic carbocycles. The highest BCUT2D eigenvalue weighted by molar-refractivity contribution is 6.25. The number of hydrogen-bond acceptors (Lipinski definition) is 2. The number of hydrogen-bond donors (Lipinski definition) is 0. The summed E-state index contributed by atoms with van der Waals surface area (Å²) in [4.78, 5) is 13.1. The first-order valence-electron chi connectivity index (χ1n) is 12.7. The molecule has 4 rings (SSSR count). The third-order valence-electron chi connectivity index (χ3n) is 6.67. The van der Waals surface area contributed by atoms with E-state index in [4.69, 9.17) is 4.74 Å². The fraction of sp³-hybridized carbons (Fsp3) is 0.387. The van der Waals surface area contributed by atoms with Gasteiger partial charge >= 0.3 is 0 Å². The minimum absolute atomic E-state index is 0.0104. The van der Waals surface area contributed by atoms with Gasteiger partial charge in [-0.05, 0) is 77.3 Å². The van der Waals surface area contributed by atoms with Gasteiger partial charge in [0.2, 0.25) is 5.78 Å². The number of unbranched alkanes of at least 4 members (excludes halogenated alkanes) is 5. The standard InChI is InChI=1S/C31H36O2/c1-3-5-7-9-10-23-12-14-25(15-13-23)22-33-30-19-18-28-27-17-16-24(11-8-6-4-2)20-26(27)21-29(28)31(30)32/h12-21H,3-11,22H2,1-2H3. The van der Waals surface area contributed by atoms with E-state index >= 15 is 0 Å². The van der Waals surface area contributed by atoms with Crippen LogP contribution in [0.15, 0.2) is 65.9 Å². The maximum absolute atomic E-state index is 13.1. The number of carbonyl (C=O) groups is 1. The number of carbonyl (C=O) groups excluding carboxylic acids is 1. The molecule has 0 unspecified atom stereocenters. The summed E-state index contributed by atoms with van der Waals surface area (Å²) < 4.78 is 5.96. The van der Waals surface area contributed by atoms with E-state index in [-0.39, 0.29) is 5.78 Å². The molecule has 0 saturated carbocycles. The first-order valence-corrected chi connectivity index (χ1v) is 12.7. The Morgan fingerprint density at radius 1 is 0.697 bits per heavy atom. The van der Waals surface area contributed by atoms with Crippen molar-refractivity contribution < 1.29 is 9.53 Å². The van der Waals surface area contributed by atoms with E-state index in [1.54, 1.807) is 0 Å². The summed E-state index contributed by atoms with van der Waals surface area (Å²) in [6.07, 6.45) is 17.0. The smallest absolute Gasteiger partial charge is 0.228 e. The normalized spacial score (nSPS) is 14.4. The number of Topliss-reactive ketones (excluding diaryl/α,β-unsaturated/α-hetero) is 1. The molecule has 33 heavy (non-hydrogen) atoms. The molecule has 0 spiro atoms. The molecule has 172 valence electrons. The molecule has 0 heterocycles. The zero-order valence-corrected chi connectivity index (χ0v) is 20.2. The molecular formula is C31H36O2. The summed E-state index contributed by atoms with van der Waals surface area (Å²) in [6, 6.07) is 15.2. The maximum atomic E-state index is 13.1. The highest BCUT2D eigenvalue weighted by atomic mass is 16.5. The Morgan fingerprint density at radius 3 is 2.15 bits per heavy atom. The lowest BCUT2D eigenvalue weighted by atomic mass is 9.94. The predicted octanol–water partition coefficient (Wildman–Crippen LogP) is 8.01. The van der Waals surface area contributed by atoms with Crippen LogP contribution in [0, 0.1) is 0 Å². The van der Waals surface area contributed by atoms with Crippen molar-refractivity contribution in [2.45, 2.75) is 78.2 Å². The number of ether oxygens (including phenoxy) is 1. The Bertz CT molecular complexity index is 1070. The van der Waals surface area contributed by atoms with Crippen molar-refractivity contribution in [3.05, 3.63) is 93.8 Å². The van der Waals surface area contributed by atoms with Crippen LogP contribution < -0.4 is 0 Å². The van der Waals surface area contributed by atoms with Gasteiger partial charge in [-0.25, -0.2) is 0 Å². The van der Waals surface area contributed by atoms with Crippen molar-refractivity contribution in [3.63, 3.8) is 0 Å². The third-order valence-corrected chi connectivity index (χ3v) is 6.67. The van der Waals surface area contributed by atoms with Crippen LogP contribution in [0.1, 0.15) is 86.6 Å². The van der Waals surface area contributed by atoms with E-state index in [1.165, 1.54) is 56.1 Å². The number of benzene rings is 2. The first kappa shape index (κ1) is 23.3. The number of aryl methyl sites for hydroxylation is 2. The average molecular weight is 441 g/mol. The van der Waals surface area contributed by atoms with Crippen LogP contribution in [0.4, 0.5) is 0 Å². The van der Waals surface area contributed by atoms with Crippen molar-refractivity contribution in [2.75, 3.05) is 0 Å². The molecule has 0 atom stereocenters. The summed E-state index contributed by atoms with van der Waals surface area (Å²) in [7, 11) is 0. The van der Waals surface area contributed by atoms with Crippen molar-refractivity contribution in [1.82, 2.24) is 0 Å². The molecule has 0 aliphatic heterocycles. The molecule has 2 aromatic rings. The fourth-order valence-electron chi connectivity index (χ4n) is 4.66. The molecule has 2 heteroatoms. The molecule has 0 saturated heterocycles. The van der Waals surface area contributed by atoms with Gasteiger partial charge in [-0.3, -0.25) is 4.79 Å². The largest absolute Gasteiger partial charge is 0.485 e. The molecule has 0 N–H and O–H groups in total. The molecule has 0 radical (unpaired) electrons. The molecule has 0 bridgehead atoms. The van der Waals surface area contributed by atoms with E-state index in [1.807, 2.05) is 18.2 Å². The Balaban J connectivity index is 1.36. The van der Waals surface area contributed by atoms with Gasteiger partial charge in [0, 0.05) is 5.57 Å². The van der Waals surface area contributed by atoms with Crippen LogP contribution in [0.25, 0.3) is 11.6 Å². The maximum Gasteiger partial charge on any atom is 0.228 e. The Labute approximate surface area is 199 Å². The van der Waals surface area contributed by atoms with Gasteiger partial charge in [-0.1, -0.05) is 88.4 Å². The van der Waals surface area contributed by atoms with Crippen LogP contribution in [-0.4, -0.2) is 5.78 Å². The lowest BCUT2D eigenvalue weighted by Gasteiger charge is -2.15. The number of allylic oxidation sites excluding steroid dienone is 4. The highest BCUT2D eigenvalue weighted by Gasteiger charge is 2.29. The molecule has 2 aliphatic carbocycles. The second kappa shape index (κ2) is 11.3. The highest BCUT2D eigenvalue weighted by Crippen LogP contribution is 2.40. The van der Waals surface area contributed by atoms with Crippen LogP contribution in [-0.2, 0) is 29.0 Å². The molecular weight excluding hydrogens is 404 g/mol. The minimum atomic E-state index is -0.0104. The van der Waals surface area contributed by atoms with Gasteiger partial charge in [0.05, 0.1) is 0 Å². The van der Waals surface area contributed by atoms with Crippen LogP contribution in [0.2, 0.25) is 0 Å². The summed E-state index contributed by atoms with van der Waals surface area (Å²) in [5, 5.41) is 0. The molecule has 0 amide bonds. The van der Waals surface area contributed by atoms with E-state index in [0.29, 0.717) is 12.4 Å². The van der Waals surface area contributed by atoms with Crippen molar-refractivity contribution >= 4 is 17.4 Å². The molecule has 0 aromatic heterocycles. The summed E-state index contributed by atoms with van der Waals surface area (Å²) in [5.74, 6) is 0.424. The fourth-order valence-corrected chi connectivity index (χ4v) is 4.66. The first-order chi connectivity index (χ1) is 16.2. The number of ketones is 1. The van der Waals surface area contributed by atoms with Gasteiger partial charge in [0.25, 0.3) is 0 Å². The van der Waals surface area contributed by atoms with Gasteiger partial charge in [0.1, 0.15) is 6.61 Å². The topological polar surface area (TPSA) is 26.3 Å². The zero-order valence-electron chi connectivity index (χ0n) is 20.2. The van der Waals surface area contributed by atoms with E-state index < -0.39 is 0 Å². The second-order valence-corrected chi connectivity index (χ2v) is 9.29. The van der Waals surface area contributed by atoms with Crippen molar-refractivity contribution in [1.29, 1.82) is 0 Å². The van der Waals surface area contributed by atoms with Crippen molar-refractivity contribution in [3.8, 4) is 0 Å². The van der Waals surface area contributed by atoms with Crippen molar-refractivity contribution in [2.24, 2.45) is 0 Å². The average Bonchev–Trinajstić information content (AvgIpc) is 3.21. The zero-order chi connectivity index (χ0) is 23.0. The SMILES string of the molecule is CCCCCCc1ccc(COC2=CC=C3C(=Cc4cc(CCCCC)ccc43)C2=O)cc1. The number of fused-ring (bicyclic) bond motifs is 3. The third kappa shape index (κ3) is 5.74. The van der Waals surface area contributed by atoms with Crippen LogP contribution in [0.5, 0.6) is 0 Å². The Kier molecular flexibility index (Phi) is 7.99.